The zero-order valence-corrected chi connectivity index (χ0v) is 11.8. The number of nitro groups is 1. The average Bonchev–Trinajstić information content (AvgIpc) is 3.14. The van der Waals surface area contributed by atoms with E-state index >= 15 is 0 Å². The SMILES string of the molecule is CCNC(Cc1ncc(Br)cc1[N+](=O)[O-])C1CC1. The Kier molecular flexibility index (Phi) is 4.29. The first-order valence-corrected chi connectivity index (χ1v) is 6.93. The minimum Gasteiger partial charge on any atom is -0.314 e. The first-order chi connectivity index (χ1) is 8.61. The number of hydrogen-bond acceptors (Lipinski definition) is 4. The molecule has 1 aliphatic carbocycles. The van der Waals surface area contributed by atoms with E-state index in [0.29, 0.717) is 28.5 Å². The molecule has 1 fully saturated rings. The molecule has 0 aromatic carbocycles. The maximum Gasteiger partial charge on any atom is 0.291 e. The second-order valence-electron chi connectivity index (χ2n) is 4.58. The van der Waals surface area contributed by atoms with Gasteiger partial charge in [-0.05, 0) is 41.2 Å². The molecule has 1 heterocycles. The summed E-state index contributed by atoms with van der Waals surface area (Å²) in [6.07, 6.45) is 4.67. The molecule has 0 saturated heterocycles. The van der Waals surface area contributed by atoms with Crippen molar-refractivity contribution in [3.63, 3.8) is 0 Å². The molecule has 0 amide bonds. The topological polar surface area (TPSA) is 68.1 Å². The standard InChI is InChI=1S/C12H16BrN3O2/c1-2-14-10(8-3-4-8)6-11-12(16(17)18)5-9(13)7-15-11/h5,7-8,10,14H,2-4,6H2,1H3. The van der Waals surface area contributed by atoms with Crippen LogP contribution in [0.5, 0.6) is 0 Å². The van der Waals surface area contributed by atoms with Gasteiger partial charge < -0.3 is 5.32 Å². The van der Waals surface area contributed by atoms with E-state index in [1.165, 1.54) is 18.9 Å². The number of nitrogens with one attached hydrogen (secondary N) is 1. The van der Waals surface area contributed by atoms with Crippen molar-refractivity contribution in [2.24, 2.45) is 5.92 Å². The maximum absolute atomic E-state index is 11.0. The molecule has 1 aromatic heterocycles. The Morgan fingerprint density at radius 1 is 1.67 bits per heavy atom. The number of likely N-dealkylation sites (N-methyl/N-ethyl adjacent to an activating group) is 1. The molecule has 0 radical (unpaired) electrons. The van der Waals surface area contributed by atoms with Crippen molar-refractivity contribution in [2.75, 3.05) is 6.54 Å². The fraction of sp³-hybridized carbons (Fsp3) is 0.583. The van der Waals surface area contributed by atoms with Gasteiger partial charge in [0.25, 0.3) is 5.69 Å². The Bertz CT molecular complexity index is 449. The summed E-state index contributed by atoms with van der Waals surface area (Å²) in [7, 11) is 0. The van der Waals surface area contributed by atoms with Crippen LogP contribution in [0.15, 0.2) is 16.7 Å². The summed E-state index contributed by atoms with van der Waals surface area (Å²) in [5.41, 5.74) is 0.675. The molecule has 5 nitrogen and oxygen atoms in total. The van der Waals surface area contributed by atoms with Crippen molar-refractivity contribution >= 4 is 21.6 Å². The molecule has 0 aliphatic heterocycles. The highest BCUT2D eigenvalue weighted by Crippen LogP contribution is 2.35. The van der Waals surface area contributed by atoms with E-state index in [2.05, 4.69) is 33.2 Å². The second-order valence-corrected chi connectivity index (χ2v) is 5.50. The third kappa shape index (κ3) is 3.26. The first kappa shape index (κ1) is 13.4. The van der Waals surface area contributed by atoms with Gasteiger partial charge in [0.05, 0.1) is 4.92 Å². The van der Waals surface area contributed by atoms with Crippen LogP contribution in [0, 0.1) is 16.0 Å². The van der Waals surface area contributed by atoms with E-state index in [0.717, 1.165) is 6.54 Å². The van der Waals surface area contributed by atoms with Crippen LogP contribution < -0.4 is 5.32 Å². The van der Waals surface area contributed by atoms with Crippen molar-refractivity contribution in [2.45, 2.75) is 32.2 Å². The highest BCUT2D eigenvalue weighted by atomic mass is 79.9. The fourth-order valence-electron chi connectivity index (χ4n) is 2.15. The first-order valence-electron chi connectivity index (χ1n) is 6.14. The van der Waals surface area contributed by atoms with Crippen LogP contribution in [-0.2, 0) is 6.42 Å². The summed E-state index contributed by atoms with van der Waals surface area (Å²) in [5.74, 6) is 0.648. The Hall–Kier alpha value is -1.01. The van der Waals surface area contributed by atoms with E-state index in [-0.39, 0.29) is 10.6 Å². The Morgan fingerprint density at radius 2 is 2.39 bits per heavy atom. The summed E-state index contributed by atoms with van der Waals surface area (Å²) in [4.78, 5) is 14.9. The molecule has 1 aliphatic rings. The molecule has 98 valence electrons. The third-order valence-electron chi connectivity index (χ3n) is 3.18. The quantitative estimate of drug-likeness (QED) is 0.647. The molecule has 1 N–H and O–H groups in total. The van der Waals surface area contributed by atoms with Gasteiger partial charge in [-0.2, -0.15) is 0 Å². The Labute approximate surface area is 114 Å². The number of rotatable bonds is 6. The fourth-order valence-corrected chi connectivity index (χ4v) is 2.47. The van der Waals surface area contributed by atoms with Gasteiger partial charge in [-0.15, -0.1) is 0 Å². The van der Waals surface area contributed by atoms with Gasteiger partial charge in [0.15, 0.2) is 0 Å². The van der Waals surface area contributed by atoms with Crippen LogP contribution in [0.1, 0.15) is 25.5 Å². The molecule has 1 aromatic rings. The summed E-state index contributed by atoms with van der Waals surface area (Å²) in [6, 6.07) is 1.83. The van der Waals surface area contributed by atoms with Crippen molar-refractivity contribution in [1.82, 2.24) is 10.3 Å². The molecule has 18 heavy (non-hydrogen) atoms. The van der Waals surface area contributed by atoms with Gasteiger partial charge >= 0.3 is 0 Å². The Morgan fingerprint density at radius 3 is 2.94 bits per heavy atom. The second kappa shape index (κ2) is 5.75. The smallest absolute Gasteiger partial charge is 0.291 e. The normalized spacial score (nSPS) is 16.6. The van der Waals surface area contributed by atoms with E-state index in [4.69, 9.17) is 0 Å². The number of halogens is 1. The van der Waals surface area contributed by atoms with Crippen LogP contribution >= 0.6 is 15.9 Å². The molecular weight excluding hydrogens is 298 g/mol. The van der Waals surface area contributed by atoms with E-state index < -0.39 is 0 Å². The van der Waals surface area contributed by atoms with Crippen LogP contribution in [0.25, 0.3) is 0 Å². The third-order valence-corrected chi connectivity index (χ3v) is 3.61. The summed E-state index contributed by atoms with van der Waals surface area (Å²) >= 11 is 3.22. The molecular formula is C12H16BrN3O2. The van der Waals surface area contributed by atoms with Crippen molar-refractivity contribution in [1.29, 1.82) is 0 Å². The maximum atomic E-state index is 11.0. The molecule has 1 saturated carbocycles. The zero-order valence-electron chi connectivity index (χ0n) is 10.2. The lowest BCUT2D eigenvalue weighted by Crippen LogP contribution is -2.33. The lowest BCUT2D eigenvalue weighted by atomic mass is 10.1. The monoisotopic (exact) mass is 313 g/mol. The number of aromatic nitrogens is 1. The van der Waals surface area contributed by atoms with Gasteiger partial charge in [-0.25, -0.2) is 0 Å². The predicted octanol–water partition coefficient (Wildman–Crippen LogP) is 2.68. The molecule has 1 atom stereocenters. The van der Waals surface area contributed by atoms with Crippen molar-refractivity contribution < 1.29 is 4.92 Å². The van der Waals surface area contributed by atoms with Crippen LogP contribution in [0.3, 0.4) is 0 Å². The lowest BCUT2D eigenvalue weighted by molar-refractivity contribution is -0.386. The molecule has 1 unspecified atom stereocenters. The average molecular weight is 314 g/mol. The predicted molar refractivity (Wildman–Crippen MR) is 72.5 cm³/mol. The van der Waals surface area contributed by atoms with Crippen molar-refractivity contribution in [3.8, 4) is 0 Å². The van der Waals surface area contributed by atoms with Gasteiger partial charge in [0.2, 0.25) is 0 Å². The largest absolute Gasteiger partial charge is 0.314 e. The molecule has 2 rings (SSSR count). The van der Waals surface area contributed by atoms with E-state index in [1.54, 1.807) is 6.20 Å². The Balaban J connectivity index is 2.18. The zero-order chi connectivity index (χ0) is 13.1. The van der Waals surface area contributed by atoms with E-state index in [9.17, 15) is 10.1 Å². The number of nitrogens with zero attached hydrogens (tertiary/aromatic N) is 2. The summed E-state index contributed by atoms with van der Waals surface area (Å²) in [5, 5.41) is 14.4. The van der Waals surface area contributed by atoms with Gasteiger partial charge in [-0.3, -0.25) is 15.1 Å². The summed E-state index contributed by atoms with van der Waals surface area (Å²) < 4.78 is 0.643. The molecule has 0 spiro atoms. The van der Waals surface area contributed by atoms with Crippen LogP contribution in [-0.4, -0.2) is 22.5 Å². The van der Waals surface area contributed by atoms with Crippen molar-refractivity contribution in [3.05, 3.63) is 32.5 Å². The number of hydrogen-bond donors (Lipinski definition) is 1. The highest BCUT2D eigenvalue weighted by Gasteiger charge is 2.32. The van der Waals surface area contributed by atoms with Crippen LogP contribution in [0.2, 0.25) is 0 Å². The minimum atomic E-state index is -0.358. The summed E-state index contributed by atoms with van der Waals surface area (Å²) in [6.45, 7) is 2.93. The molecule has 0 bridgehead atoms. The molecule has 6 heteroatoms. The van der Waals surface area contributed by atoms with Crippen LogP contribution in [0.4, 0.5) is 5.69 Å². The van der Waals surface area contributed by atoms with Gasteiger partial charge in [0.1, 0.15) is 5.69 Å². The highest BCUT2D eigenvalue weighted by molar-refractivity contribution is 9.10. The lowest BCUT2D eigenvalue weighted by Gasteiger charge is -2.16. The van der Waals surface area contributed by atoms with Gasteiger partial charge in [-0.1, -0.05) is 6.92 Å². The number of pyridine rings is 1. The minimum absolute atomic E-state index is 0.105. The van der Waals surface area contributed by atoms with E-state index in [1.807, 2.05) is 0 Å². The van der Waals surface area contributed by atoms with Gasteiger partial charge in [0, 0.05) is 29.2 Å².